The molecule has 1 aliphatic carbocycles. The summed E-state index contributed by atoms with van der Waals surface area (Å²) in [6, 6.07) is 58.4. The van der Waals surface area contributed by atoms with Gasteiger partial charge in [-0.25, -0.2) is 0 Å². The normalized spacial score (nSPS) is 14.3. The number of nitrogens with zero attached hydrogens (tertiary/aromatic N) is 1. The Hall–Kier alpha value is -7.74. The number of hydrogen-bond acceptors (Lipinski definition) is 1. The third kappa shape index (κ3) is 6.60. The van der Waals surface area contributed by atoms with E-state index in [0.29, 0.717) is 16.8 Å². The summed E-state index contributed by atoms with van der Waals surface area (Å²) in [6.07, 6.45) is 0. The van der Waals surface area contributed by atoms with Gasteiger partial charge in [-0.1, -0.05) is 208 Å². The second-order valence-corrected chi connectivity index (χ2v) is 16.3. The van der Waals surface area contributed by atoms with Crippen LogP contribution >= 0.6 is 0 Å². The first-order valence-corrected chi connectivity index (χ1v) is 20.9. The molecule has 1 aliphatic rings. The molecule has 0 N–H and O–H groups in total. The molecular weight excluding hydrogens is 747 g/mol. The molecule has 11 rings (SSSR count). The second-order valence-electron chi connectivity index (χ2n) is 16.3. The molecule has 0 atom stereocenters. The van der Waals surface area contributed by atoms with Crippen LogP contribution < -0.4 is 4.90 Å². The molecule has 0 saturated carbocycles. The van der Waals surface area contributed by atoms with Gasteiger partial charge in [0.25, 0.3) is 0 Å². The molecule has 0 amide bonds. The number of benzene rings is 10. The highest BCUT2D eigenvalue weighted by Crippen LogP contribution is 2.52. The fourth-order valence-corrected chi connectivity index (χ4v) is 9.15. The quantitative estimate of drug-likeness (QED) is 0.148. The Morgan fingerprint density at radius 3 is 1.55 bits per heavy atom. The highest BCUT2D eigenvalue weighted by molar-refractivity contribution is 5.97. The van der Waals surface area contributed by atoms with E-state index >= 15 is 0 Å². The molecule has 0 aliphatic heterocycles. The van der Waals surface area contributed by atoms with Crippen LogP contribution in [0.5, 0.6) is 0 Å². The van der Waals surface area contributed by atoms with Crippen LogP contribution in [0.4, 0.5) is 17.1 Å². The maximum Gasteiger partial charge on any atom is 0.0645 e. The zero-order valence-electron chi connectivity index (χ0n) is 42.3. The number of anilines is 3. The maximum atomic E-state index is 9.78. The molecule has 1 heteroatoms. The standard InChI is InChI=1S/C61H45N/c1-61(2)59-24-9-8-20-57(59)58-23-12-22-56(60(58)61)48-33-39-53(40-34-48)62(51-35-29-45(30-36-51)44-27-25-43(26-28-44)42-13-4-3-5-14-42)52-37-31-46(32-38-52)49-17-10-18-50(41-49)55-21-11-16-47-15-6-7-19-54(47)55/h3-41H,1-2H3/i31D,32D,33D,34D,37D,38D,39D,40D. The molecule has 1 nitrogen and oxygen atoms in total. The van der Waals surface area contributed by atoms with Gasteiger partial charge < -0.3 is 4.90 Å². The largest absolute Gasteiger partial charge is 0.311 e. The van der Waals surface area contributed by atoms with Gasteiger partial charge in [-0.05, 0) is 131 Å². The van der Waals surface area contributed by atoms with Crippen molar-refractivity contribution in [3.05, 3.63) is 248 Å². The summed E-state index contributed by atoms with van der Waals surface area (Å²) >= 11 is 0. The van der Waals surface area contributed by atoms with Gasteiger partial charge in [-0.3, -0.25) is 0 Å². The third-order valence-electron chi connectivity index (χ3n) is 12.2. The van der Waals surface area contributed by atoms with E-state index in [1.165, 1.54) is 4.90 Å². The van der Waals surface area contributed by atoms with Crippen LogP contribution in [0.1, 0.15) is 35.9 Å². The molecular formula is C61H45N. The molecule has 0 radical (unpaired) electrons. The molecule has 0 saturated heterocycles. The van der Waals surface area contributed by atoms with Gasteiger partial charge in [0.15, 0.2) is 0 Å². The predicted molar refractivity (Wildman–Crippen MR) is 263 cm³/mol. The topological polar surface area (TPSA) is 3.24 Å². The minimum Gasteiger partial charge on any atom is -0.311 e. The first-order chi connectivity index (χ1) is 33.8. The van der Waals surface area contributed by atoms with Crippen LogP contribution in [0.15, 0.2) is 236 Å². The number of rotatable bonds is 8. The predicted octanol–water partition coefficient (Wildman–Crippen LogP) is 17.0. The van der Waals surface area contributed by atoms with Crippen molar-refractivity contribution >= 4 is 27.8 Å². The summed E-state index contributed by atoms with van der Waals surface area (Å²) in [7, 11) is 0. The first-order valence-electron chi connectivity index (χ1n) is 24.9. The Kier molecular flexibility index (Phi) is 7.31. The van der Waals surface area contributed by atoms with Crippen LogP contribution in [-0.4, -0.2) is 0 Å². The van der Waals surface area contributed by atoms with E-state index in [4.69, 9.17) is 0 Å². The van der Waals surface area contributed by atoms with Crippen molar-refractivity contribution in [2.75, 3.05) is 4.90 Å². The van der Waals surface area contributed by atoms with Crippen LogP contribution in [-0.2, 0) is 5.41 Å². The van der Waals surface area contributed by atoms with Gasteiger partial charge in [0.1, 0.15) is 0 Å². The molecule has 0 unspecified atom stereocenters. The van der Waals surface area contributed by atoms with Crippen molar-refractivity contribution in [3.8, 4) is 66.8 Å². The second kappa shape index (κ2) is 15.4. The highest BCUT2D eigenvalue weighted by Gasteiger charge is 2.37. The summed E-state index contributed by atoms with van der Waals surface area (Å²) < 4.78 is 77.6. The lowest BCUT2D eigenvalue weighted by atomic mass is 9.79. The van der Waals surface area contributed by atoms with E-state index in [9.17, 15) is 11.0 Å². The van der Waals surface area contributed by atoms with E-state index in [-0.39, 0.29) is 58.8 Å². The first kappa shape index (κ1) is 29.5. The average Bonchev–Trinajstić information content (AvgIpc) is 3.63. The van der Waals surface area contributed by atoms with Crippen LogP contribution in [0.2, 0.25) is 0 Å². The average molecular weight is 800 g/mol. The van der Waals surface area contributed by atoms with E-state index in [2.05, 4.69) is 56.3 Å². The van der Waals surface area contributed by atoms with Crippen molar-refractivity contribution in [1.82, 2.24) is 0 Å². The lowest BCUT2D eigenvalue weighted by Gasteiger charge is -2.27. The minimum atomic E-state index is -0.508. The van der Waals surface area contributed by atoms with Crippen molar-refractivity contribution in [3.63, 3.8) is 0 Å². The maximum absolute atomic E-state index is 9.78. The smallest absolute Gasteiger partial charge is 0.0645 e. The molecule has 0 bridgehead atoms. The van der Waals surface area contributed by atoms with Gasteiger partial charge in [0.2, 0.25) is 0 Å². The van der Waals surface area contributed by atoms with Gasteiger partial charge in [-0.15, -0.1) is 0 Å². The monoisotopic (exact) mass is 799 g/mol. The van der Waals surface area contributed by atoms with Gasteiger partial charge >= 0.3 is 0 Å². The third-order valence-corrected chi connectivity index (χ3v) is 12.2. The summed E-state index contributed by atoms with van der Waals surface area (Å²) in [4.78, 5) is 1.37. The van der Waals surface area contributed by atoms with Crippen LogP contribution in [0.25, 0.3) is 77.5 Å². The molecule has 0 heterocycles. The number of fused-ring (bicyclic) bond motifs is 4. The lowest BCUT2D eigenvalue weighted by molar-refractivity contribution is 0.662. The number of hydrogen-bond donors (Lipinski definition) is 0. The van der Waals surface area contributed by atoms with E-state index in [1.54, 1.807) is 18.2 Å². The van der Waals surface area contributed by atoms with Crippen LogP contribution in [0, 0.1) is 0 Å². The van der Waals surface area contributed by atoms with E-state index in [0.717, 1.165) is 66.4 Å². The summed E-state index contributed by atoms with van der Waals surface area (Å²) in [5.41, 5.74) is 10.6. The fourth-order valence-electron chi connectivity index (χ4n) is 9.15. The Balaban J connectivity index is 1.08. The molecule has 0 spiro atoms. The summed E-state index contributed by atoms with van der Waals surface area (Å²) in [5.74, 6) is 0. The van der Waals surface area contributed by atoms with Gasteiger partial charge in [0.05, 0.1) is 11.0 Å². The SMILES string of the molecule is [2H]c1c([2H])c(N(c2ccc(-c3ccc(-c4ccccc4)cc3)cc2)c2c([2H])c([2H])c(-c3cccc4c3C(C)(C)c3ccccc3-4)c([2H])c2[2H])c([2H])c([2H])c1-c1cccc(-c2cccc3ccccc23)c1. The van der Waals surface area contributed by atoms with Crippen molar-refractivity contribution < 1.29 is 11.0 Å². The van der Waals surface area contributed by atoms with Gasteiger partial charge in [-0.2, -0.15) is 0 Å². The molecule has 62 heavy (non-hydrogen) atoms. The zero-order chi connectivity index (χ0) is 48.6. The molecule has 10 aromatic carbocycles. The molecule has 10 aromatic rings. The van der Waals surface area contributed by atoms with E-state index < -0.39 is 17.5 Å². The Labute approximate surface area is 376 Å². The minimum absolute atomic E-state index is 0.103. The van der Waals surface area contributed by atoms with Gasteiger partial charge in [0, 0.05) is 22.5 Å². The Morgan fingerprint density at radius 1 is 0.339 bits per heavy atom. The summed E-state index contributed by atoms with van der Waals surface area (Å²) in [5, 5.41) is 2.11. The lowest BCUT2D eigenvalue weighted by Crippen LogP contribution is -2.16. The summed E-state index contributed by atoms with van der Waals surface area (Å²) in [6.45, 7) is 4.22. The Bertz CT molecular complexity index is 3650. The van der Waals surface area contributed by atoms with Crippen molar-refractivity contribution in [1.29, 1.82) is 0 Å². The van der Waals surface area contributed by atoms with E-state index in [1.807, 2.05) is 127 Å². The highest BCUT2D eigenvalue weighted by atomic mass is 15.1. The zero-order valence-corrected chi connectivity index (χ0v) is 34.3. The molecule has 0 fully saturated rings. The molecule has 0 aromatic heterocycles. The van der Waals surface area contributed by atoms with Crippen LogP contribution in [0.3, 0.4) is 0 Å². The Morgan fingerprint density at radius 2 is 0.823 bits per heavy atom. The fraction of sp³-hybridized carbons (Fsp3) is 0.0492. The van der Waals surface area contributed by atoms with Crippen molar-refractivity contribution in [2.24, 2.45) is 0 Å². The molecule has 294 valence electrons. The van der Waals surface area contributed by atoms with Crippen molar-refractivity contribution in [2.45, 2.75) is 19.3 Å².